The number of nitrogens with zero attached hydrogens (tertiary/aromatic N) is 3. The molecule has 0 unspecified atom stereocenters. The smallest absolute Gasteiger partial charge is 0.274 e. The molecule has 27 heavy (non-hydrogen) atoms. The number of aromatic nitrogens is 2. The van der Waals surface area contributed by atoms with Gasteiger partial charge in [0.15, 0.2) is 0 Å². The van der Waals surface area contributed by atoms with Crippen LogP contribution >= 0.6 is 11.3 Å². The standard InChI is InChI=1S/C19H24N4O3S/c1-2-14-12-15(21-20-14)17(24)23-9-10-26-19(13-23)5-7-22(8-6-19)18(25)16-4-3-11-27-16/h3-4,11-12H,2,5-10,13H2,1H3,(H,20,21). The molecule has 0 aliphatic carbocycles. The van der Waals surface area contributed by atoms with Crippen LogP contribution in [0.3, 0.4) is 0 Å². The third-order valence-corrected chi connectivity index (χ3v) is 6.32. The van der Waals surface area contributed by atoms with Crippen LogP contribution in [-0.2, 0) is 11.2 Å². The fourth-order valence-electron chi connectivity index (χ4n) is 3.81. The second-order valence-electron chi connectivity index (χ2n) is 7.16. The lowest BCUT2D eigenvalue weighted by atomic mass is 9.89. The number of aromatic amines is 1. The third-order valence-electron chi connectivity index (χ3n) is 5.46. The maximum Gasteiger partial charge on any atom is 0.274 e. The number of thiophene rings is 1. The van der Waals surface area contributed by atoms with E-state index in [1.54, 1.807) is 0 Å². The molecule has 2 aromatic rings. The molecule has 2 saturated heterocycles. The lowest BCUT2D eigenvalue weighted by molar-refractivity contribution is -0.123. The molecule has 7 nitrogen and oxygen atoms in total. The van der Waals surface area contributed by atoms with E-state index in [-0.39, 0.29) is 17.4 Å². The zero-order valence-electron chi connectivity index (χ0n) is 15.4. The number of ether oxygens (including phenoxy) is 1. The van der Waals surface area contributed by atoms with Crippen molar-refractivity contribution in [2.24, 2.45) is 0 Å². The minimum atomic E-state index is -0.357. The summed E-state index contributed by atoms with van der Waals surface area (Å²) < 4.78 is 6.11. The van der Waals surface area contributed by atoms with E-state index in [2.05, 4.69) is 10.2 Å². The predicted octanol–water partition coefficient (Wildman–Crippen LogP) is 2.18. The first-order valence-electron chi connectivity index (χ1n) is 9.40. The van der Waals surface area contributed by atoms with Gasteiger partial charge in [-0.1, -0.05) is 13.0 Å². The number of morpholine rings is 1. The molecule has 1 spiro atoms. The van der Waals surface area contributed by atoms with E-state index in [4.69, 9.17) is 4.74 Å². The summed E-state index contributed by atoms with van der Waals surface area (Å²) >= 11 is 1.47. The van der Waals surface area contributed by atoms with Crippen LogP contribution in [-0.4, -0.2) is 70.2 Å². The summed E-state index contributed by atoms with van der Waals surface area (Å²) in [7, 11) is 0. The zero-order valence-corrected chi connectivity index (χ0v) is 16.3. The number of H-pyrrole nitrogens is 1. The van der Waals surface area contributed by atoms with Gasteiger partial charge in [-0.15, -0.1) is 11.3 Å². The van der Waals surface area contributed by atoms with Gasteiger partial charge < -0.3 is 14.5 Å². The Balaban J connectivity index is 1.39. The van der Waals surface area contributed by atoms with Crippen LogP contribution in [0.4, 0.5) is 0 Å². The Morgan fingerprint density at radius 1 is 1.26 bits per heavy atom. The first-order valence-corrected chi connectivity index (χ1v) is 10.3. The van der Waals surface area contributed by atoms with Crippen molar-refractivity contribution in [3.05, 3.63) is 39.8 Å². The van der Waals surface area contributed by atoms with Gasteiger partial charge in [0.1, 0.15) is 5.69 Å². The summed E-state index contributed by atoms with van der Waals surface area (Å²) in [6.07, 6.45) is 2.31. The number of hydrogen-bond donors (Lipinski definition) is 1. The number of aryl methyl sites for hydroxylation is 1. The van der Waals surface area contributed by atoms with Crippen molar-refractivity contribution >= 4 is 23.2 Å². The van der Waals surface area contributed by atoms with Gasteiger partial charge in [0, 0.05) is 25.3 Å². The molecule has 2 aliphatic rings. The predicted molar refractivity (Wildman–Crippen MR) is 102 cm³/mol. The summed E-state index contributed by atoms with van der Waals surface area (Å²) in [6, 6.07) is 5.59. The Hall–Kier alpha value is -2.19. The summed E-state index contributed by atoms with van der Waals surface area (Å²) in [5.74, 6) is 0.0397. The van der Waals surface area contributed by atoms with Crippen LogP contribution in [0.5, 0.6) is 0 Å². The van der Waals surface area contributed by atoms with Crippen molar-refractivity contribution in [3.8, 4) is 0 Å². The maximum absolute atomic E-state index is 12.8. The third kappa shape index (κ3) is 3.64. The van der Waals surface area contributed by atoms with Crippen molar-refractivity contribution in [1.29, 1.82) is 0 Å². The van der Waals surface area contributed by atoms with Gasteiger partial charge in [-0.3, -0.25) is 14.7 Å². The fourth-order valence-corrected chi connectivity index (χ4v) is 4.50. The highest BCUT2D eigenvalue weighted by Gasteiger charge is 2.42. The van der Waals surface area contributed by atoms with E-state index in [0.29, 0.717) is 38.5 Å². The molecule has 0 saturated carbocycles. The number of nitrogens with one attached hydrogen (secondary N) is 1. The molecule has 1 N–H and O–H groups in total. The van der Waals surface area contributed by atoms with Gasteiger partial charge >= 0.3 is 0 Å². The highest BCUT2D eigenvalue weighted by Crippen LogP contribution is 2.31. The quantitative estimate of drug-likeness (QED) is 0.874. The minimum Gasteiger partial charge on any atom is -0.371 e. The highest BCUT2D eigenvalue weighted by molar-refractivity contribution is 7.12. The largest absolute Gasteiger partial charge is 0.371 e. The molecule has 2 fully saturated rings. The van der Waals surface area contributed by atoms with Crippen molar-refractivity contribution < 1.29 is 14.3 Å². The van der Waals surface area contributed by atoms with Gasteiger partial charge in [-0.2, -0.15) is 5.10 Å². The van der Waals surface area contributed by atoms with Crippen LogP contribution < -0.4 is 0 Å². The second-order valence-corrected chi connectivity index (χ2v) is 8.11. The van der Waals surface area contributed by atoms with E-state index in [0.717, 1.165) is 29.8 Å². The van der Waals surface area contributed by atoms with Crippen molar-refractivity contribution in [2.45, 2.75) is 31.8 Å². The number of carbonyl (C=O) groups excluding carboxylic acids is 2. The Bertz CT molecular complexity index is 809. The molecule has 0 radical (unpaired) electrons. The van der Waals surface area contributed by atoms with Crippen LogP contribution in [0, 0.1) is 0 Å². The SMILES string of the molecule is CCc1cc(C(=O)N2CCOC3(CCN(C(=O)c4cccs4)CC3)C2)n[nH]1. The molecule has 2 aliphatic heterocycles. The normalized spacial score (nSPS) is 19.4. The number of piperidine rings is 1. The van der Waals surface area contributed by atoms with Crippen molar-refractivity contribution in [2.75, 3.05) is 32.8 Å². The molecule has 0 bridgehead atoms. The van der Waals surface area contributed by atoms with Crippen LogP contribution in [0.25, 0.3) is 0 Å². The molecule has 0 aromatic carbocycles. The number of carbonyl (C=O) groups is 2. The van der Waals surface area contributed by atoms with Crippen LogP contribution in [0.1, 0.15) is 45.6 Å². The monoisotopic (exact) mass is 388 g/mol. The van der Waals surface area contributed by atoms with Gasteiger partial charge in [-0.05, 0) is 36.8 Å². The molecule has 4 heterocycles. The summed E-state index contributed by atoms with van der Waals surface area (Å²) in [5, 5.41) is 8.98. The number of likely N-dealkylation sites (tertiary alicyclic amines) is 1. The molecule has 4 rings (SSSR count). The maximum atomic E-state index is 12.8. The molecular formula is C19H24N4O3S. The molecule has 144 valence electrons. The molecule has 2 amide bonds. The Morgan fingerprint density at radius 3 is 2.74 bits per heavy atom. The average Bonchev–Trinajstić information content (AvgIpc) is 3.39. The molecular weight excluding hydrogens is 364 g/mol. The Labute approximate surface area is 162 Å². The van der Waals surface area contributed by atoms with Gasteiger partial charge in [-0.25, -0.2) is 0 Å². The van der Waals surface area contributed by atoms with Gasteiger partial charge in [0.05, 0.1) is 23.6 Å². The molecule has 0 atom stereocenters. The van der Waals surface area contributed by atoms with E-state index >= 15 is 0 Å². The summed E-state index contributed by atoms with van der Waals surface area (Å²) in [4.78, 5) is 29.9. The molecule has 2 aromatic heterocycles. The average molecular weight is 388 g/mol. The first-order chi connectivity index (χ1) is 13.1. The Morgan fingerprint density at radius 2 is 2.07 bits per heavy atom. The van der Waals surface area contributed by atoms with Crippen molar-refractivity contribution in [1.82, 2.24) is 20.0 Å². The zero-order chi connectivity index (χ0) is 18.9. The minimum absolute atomic E-state index is 0.0503. The van der Waals surface area contributed by atoms with E-state index in [1.807, 2.05) is 40.3 Å². The number of rotatable bonds is 3. The Kier molecular flexibility index (Phi) is 5.01. The summed E-state index contributed by atoms with van der Waals surface area (Å²) in [6.45, 7) is 4.99. The number of hydrogen-bond acceptors (Lipinski definition) is 5. The lowest BCUT2D eigenvalue weighted by Crippen LogP contribution is -2.58. The summed E-state index contributed by atoms with van der Waals surface area (Å²) in [5.41, 5.74) is 1.07. The van der Waals surface area contributed by atoms with Gasteiger partial charge in [0.2, 0.25) is 0 Å². The van der Waals surface area contributed by atoms with E-state index < -0.39 is 0 Å². The van der Waals surface area contributed by atoms with E-state index in [9.17, 15) is 9.59 Å². The second kappa shape index (κ2) is 7.44. The fraction of sp³-hybridized carbons (Fsp3) is 0.526. The van der Waals surface area contributed by atoms with Gasteiger partial charge in [0.25, 0.3) is 11.8 Å². The molecule has 8 heteroatoms. The topological polar surface area (TPSA) is 78.5 Å². The van der Waals surface area contributed by atoms with Crippen LogP contribution in [0.15, 0.2) is 23.6 Å². The lowest BCUT2D eigenvalue weighted by Gasteiger charge is -2.47. The number of amides is 2. The van der Waals surface area contributed by atoms with E-state index in [1.165, 1.54) is 11.3 Å². The van der Waals surface area contributed by atoms with Crippen molar-refractivity contribution in [3.63, 3.8) is 0 Å². The highest BCUT2D eigenvalue weighted by atomic mass is 32.1. The van der Waals surface area contributed by atoms with Crippen LogP contribution in [0.2, 0.25) is 0 Å². The first kappa shape index (κ1) is 18.2.